The molecule has 6 heteroatoms. The number of anilines is 1. The monoisotopic (exact) mass is 228 g/mol. The smallest absolute Gasteiger partial charge is 0.271 e. The van der Waals surface area contributed by atoms with Crippen molar-refractivity contribution in [2.24, 2.45) is 5.73 Å². The van der Waals surface area contributed by atoms with Gasteiger partial charge in [0.1, 0.15) is 5.02 Å². The zero-order valence-electron chi connectivity index (χ0n) is 8.16. The summed E-state index contributed by atoms with van der Waals surface area (Å²) in [6.45, 7) is 0. The Labute approximate surface area is 92.0 Å². The highest BCUT2D eigenvalue weighted by Gasteiger charge is 2.24. The fraction of sp³-hybridized carbons (Fsp3) is 0.556. The number of halogens is 1. The molecular weight excluding hydrogens is 216 g/mol. The van der Waals surface area contributed by atoms with Crippen LogP contribution in [0.3, 0.4) is 0 Å². The number of nitrogens with two attached hydrogens (primary N) is 1. The van der Waals surface area contributed by atoms with E-state index in [4.69, 9.17) is 17.3 Å². The van der Waals surface area contributed by atoms with Crippen LogP contribution in [-0.2, 0) is 0 Å². The predicted octanol–water partition coefficient (Wildman–Crippen LogP) is 0.715. The Morgan fingerprint density at radius 2 is 2.40 bits per heavy atom. The molecule has 1 aromatic heterocycles. The van der Waals surface area contributed by atoms with Crippen molar-refractivity contribution >= 4 is 17.4 Å². The Hall–Kier alpha value is -1.07. The molecule has 82 valence electrons. The molecule has 4 N–H and O–H groups in total. The Bertz CT molecular complexity index is 405. The summed E-state index contributed by atoms with van der Waals surface area (Å²) in [5.74, 6) is 0.419. The van der Waals surface area contributed by atoms with Crippen molar-refractivity contribution < 1.29 is 0 Å². The Morgan fingerprint density at radius 1 is 1.60 bits per heavy atom. The average Bonchev–Trinajstić information content (AvgIpc) is 2.60. The first-order chi connectivity index (χ1) is 7.18. The van der Waals surface area contributed by atoms with Gasteiger partial charge >= 0.3 is 0 Å². The average molecular weight is 229 g/mol. The number of aromatic amines is 1. The molecule has 0 aliphatic heterocycles. The molecule has 2 atom stereocenters. The zero-order chi connectivity index (χ0) is 10.8. The molecule has 1 aliphatic rings. The Kier molecular flexibility index (Phi) is 2.93. The fourth-order valence-corrected chi connectivity index (χ4v) is 1.99. The summed E-state index contributed by atoms with van der Waals surface area (Å²) >= 11 is 5.81. The molecular formula is C9H13ClN4O. The Morgan fingerprint density at radius 3 is 3.07 bits per heavy atom. The molecule has 0 saturated heterocycles. The van der Waals surface area contributed by atoms with Crippen molar-refractivity contribution in [2.75, 3.05) is 5.32 Å². The van der Waals surface area contributed by atoms with E-state index >= 15 is 0 Å². The SMILES string of the molecule is NC1CCCC1Nc1nc[nH]c(=O)c1Cl. The van der Waals surface area contributed by atoms with Crippen LogP contribution in [0.1, 0.15) is 19.3 Å². The molecule has 1 saturated carbocycles. The highest BCUT2D eigenvalue weighted by molar-refractivity contribution is 6.32. The highest BCUT2D eigenvalue weighted by Crippen LogP contribution is 2.22. The van der Waals surface area contributed by atoms with Crippen LogP contribution in [0.15, 0.2) is 11.1 Å². The lowest BCUT2D eigenvalue weighted by Crippen LogP contribution is -2.36. The van der Waals surface area contributed by atoms with Gasteiger partial charge in [-0.05, 0) is 19.3 Å². The number of rotatable bonds is 2. The minimum absolute atomic E-state index is 0.0941. The molecule has 1 aromatic rings. The van der Waals surface area contributed by atoms with E-state index in [9.17, 15) is 4.79 Å². The predicted molar refractivity (Wildman–Crippen MR) is 59.1 cm³/mol. The van der Waals surface area contributed by atoms with Crippen molar-refractivity contribution in [3.63, 3.8) is 0 Å². The molecule has 0 bridgehead atoms. The van der Waals surface area contributed by atoms with E-state index in [2.05, 4.69) is 15.3 Å². The van der Waals surface area contributed by atoms with E-state index in [1.807, 2.05) is 0 Å². The number of H-pyrrole nitrogens is 1. The number of nitrogens with one attached hydrogen (secondary N) is 2. The first-order valence-corrected chi connectivity index (χ1v) is 5.31. The molecule has 15 heavy (non-hydrogen) atoms. The van der Waals surface area contributed by atoms with Gasteiger partial charge < -0.3 is 16.0 Å². The highest BCUT2D eigenvalue weighted by atomic mass is 35.5. The van der Waals surface area contributed by atoms with Gasteiger partial charge in [-0.2, -0.15) is 0 Å². The lowest BCUT2D eigenvalue weighted by Gasteiger charge is -2.17. The summed E-state index contributed by atoms with van der Waals surface area (Å²) in [5.41, 5.74) is 5.56. The van der Waals surface area contributed by atoms with Gasteiger partial charge in [0, 0.05) is 12.1 Å². The second-order valence-corrected chi connectivity index (χ2v) is 4.12. The topological polar surface area (TPSA) is 83.8 Å². The Balaban J connectivity index is 2.17. The maximum Gasteiger partial charge on any atom is 0.271 e. The van der Waals surface area contributed by atoms with Crippen molar-refractivity contribution in [3.8, 4) is 0 Å². The van der Waals surface area contributed by atoms with E-state index in [-0.39, 0.29) is 22.7 Å². The lowest BCUT2D eigenvalue weighted by molar-refractivity contribution is 0.635. The molecule has 2 unspecified atom stereocenters. The van der Waals surface area contributed by atoms with Crippen molar-refractivity contribution in [2.45, 2.75) is 31.3 Å². The summed E-state index contributed by atoms with van der Waals surface area (Å²) in [7, 11) is 0. The standard InChI is InChI=1S/C9H13ClN4O/c10-7-8(12-4-13-9(7)15)14-6-3-1-2-5(6)11/h4-6H,1-3,11H2,(H2,12,13,14,15). The third kappa shape index (κ3) is 2.13. The summed E-state index contributed by atoms with van der Waals surface area (Å²) < 4.78 is 0. The van der Waals surface area contributed by atoms with Crippen LogP contribution in [-0.4, -0.2) is 22.1 Å². The maximum atomic E-state index is 11.2. The maximum absolute atomic E-state index is 11.2. The molecule has 1 heterocycles. The van der Waals surface area contributed by atoms with Gasteiger partial charge in [0.15, 0.2) is 5.82 Å². The largest absolute Gasteiger partial charge is 0.364 e. The molecule has 5 nitrogen and oxygen atoms in total. The minimum Gasteiger partial charge on any atom is -0.364 e. The molecule has 0 spiro atoms. The molecule has 2 rings (SSSR count). The van der Waals surface area contributed by atoms with Gasteiger partial charge in [0.25, 0.3) is 5.56 Å². The van der Waals surface area contributed by atoms with Crippen molar-refractivity contribution in [1.82, 2.24) is 9.97 Å². The first kappa shape index (κ1) is 10.4. The van der Waals surface area contributed by atoms with Gasteiger partial charge in [-0.15, -0.1) is 0 Å². The van der Waals surface area contributed by atoms with Crippen LogP contribution in [0.25, 0.3) is 0 Å². The lowest BCUT2D eigenvalue weighted by atomic mass is 10.2. The van der Waals surface area contributed by atoms with Gasteiger partial charge in [-0.25, -0.2) is 4.98 Å². The van der Waals surface area contributed by atoms with Crippen LogP contribution >= 0.6 is 11.6 Å². The van der Waals surface area contributed by atoms with Gasteiger partial charge in [0.2, 0.25) is 0 Å². The van der Waals surface area contributed by atoms with E-state index in [0.717, 1.165) is 19.3 Å². The van der Waals surface area contributed by atoms with Crippen molar-refractivity contribution in [3.05, 3.63) is 21.7 Å². The summed E-state index contributed by atoms with van der Waals surface area (Å²) in [6, 6.07) is 0.277. The normalized spacial score (nSPS) is 25.5. The van der Waals surface area contributed by atoms with E-state index in [1.54, 1.807) is 0 Å². The number of aromatic nitrogens is 2. The number of nitrogens with zero attached hydrogens (tertiary/aromatic N) is 1. The summed E-state index contributed by atoms with van der Waals surface area (Å²) in [5, 5.41) is 3.21. The third-order valence-corrected chi connectivity index (χ3v) is 3.04. The quantitative estimate of drug-likeness (QED) is 0.696. The van der Waals surface area contributed by atoms with Crippen LogP contribution in [0.5, 0.6) is 0 Å². The van der Waals surface area contributed by atoms with Crippen LogP contribution in [0.2, 0.25) is 5.02 Å². The summed E-state index contributed by atoms with van der Waals surface area (Å²) in [4.78, 5) is 17.6. The molecule has 0 aromatic carbocycles. The van der Waals surface area contributed by atoms with E-state index in [0.29, 0.717) is 5.82 Å². The van der Waals surface area contributed by atoms with Gasteiger partial charge in [0.05, 0.1) is 6.33 Å². The van der Waals surface area contributed by atoms with Crippen LogP contribution < -0.4 is 16.6 Å². The second-order valence-electron chi connectivity index (χ2n) is 3.74. The molecule has 1 aliphatic carbocycles. The fourth-order valence-electron chi connectivity index (χ4n) is 1.83. The van der Waals surface area contributed by atoms with Crippen LogP contribution in [0.4, 0.5) is 5.82 Å². The van der Waals surface area contributed by atoms with Crippen molar-refractivity contribution in [1.29, 1.82) is 0 Å². The number of hydrogen-bond donors (Lipinski definition) is 3. The van der Waals surface area contributed by atoms with Crippen LogP contribution in [0, 0.1) is 0 Å². The first-order valence-electron chi connectivity index (χ1n) is 4.94. The zero-order valence-corrected chi connectivity index (χ0v) is 8.92. The second kappa shape index (κ2) is 4.20. The molecule has 0 amide bonds. The van der Waals surface area contributed by atoms with Gasteiger partial charge in [-0.1, -0.05) is 11.6 Å². The minimum atomic E-state index is -0.333. The van der Waals surface area contributed by atoms with E-state index in [1.165, 1.54) is 6.33 Å². The molecule has 0 radical (unpaired) electrons. The molecule has 1 fully saturated rings. The number of hydrogen-bond acceptors (Lipinski definition) is 4. The van der Waals surface area contributed by atoms with E-state index < -0.39 is 0 Å². The van der Waals surface area contributed by atoms with Gasteiger partial charge in [-0.3, -0.25) is 4.79 Å². The third-order valence-electron chi connectivity index (χ3n) is 2.69. The summed E-state index contributed by atoms with van der Waals surface area (Å²) in [6.07, 6.45) is 4.42.